The monoisotopic (exact) mass is 179 g/mol. The quantitative estimate of drug-likeness (QED) is 0.386. The summed E-state index contributed by atoms with van der Waals surface area (Å²) in [6.45, 7) is 18.0. The molecule has 0 unspecified atom stereocenters. The molecule has 0 spiro atoms. The molecule has 11 heavy (non-hydrogen) atoms. The van der Waals surface area contributed by atoms with Crippen LogP contribution in [0.1, 0.15) is 0 Å². The zero-order valence-corrected chi connectivity index (χ0v) is 7.72. The summed E-state index contributed by atoms with van der Waals surface area (Å²) in [4.78, 5) is 0. The van der Waals surface area contributed by atoms with Gasteiger partial charge in [-0.1, -0.05) is 0 Å². The molecule has 68 valence electrons. The molecule has 0 aromatic rings. The molecule has 0 saturated heterocycles. The summed E-state index contributed by atoms with van der Waals surface area (Å²) in [5.74, 6) is 0. The lowest BCUT2D eigenvalue weighted by molar-refractivity contribution is 0.577. The van der Waals surface area contributed by atoms with Gasteiger partial charge in [0.15, 0.2) is 0 Å². The van der Waals surface area contributed by atoms with Gasteiger partial charge in [0.1, 0.15) is 0 Å². The van der Waals surface area contributed by atoms with Crippen LogP contribution in [0.15, 0.2) is 39.5 Å². The molecule has 0 aliphatic carbocycles. The molecule has 0 aliphatic heterocycles. The van der Waals surface area contributed by atoms with E-state index in [-0.39, 0.29) is 0 Å². The summed E-state index contributed by atoms with van der Waals surface area (Å²) in [7, 11) is -3.14. The van der Waals surface area contributed by atoms with Gasteiger partial charge in [-0.15, -0.1) is 39.5 Å². The Balaban J connectivity index is -0.0000000350. The third-order valence-corrected chi connectivity index (χ3v) is 0. The van der Waals surface area contributed by atoms with Gasteiger partial charge in [0.05, 0.1) is 0 Å². The molecule has 0 saturated carbocycles. The zero-order chi connectivity index (χ0) is 10.5. The van der Waals surface area contributed by atoms with Crippen molar-refractivity contribution in [3.63, 3.8) is 0 Å². The fraction of sp³-hybridized carbons (Fsp3) is 0. The van der Waals surface area contributed by atoms with Gasteiger partial charge in [-0.2, -0.15) is 0 Å². The van der Waals surface area contributed by atoms with Crippen LogP contribution in [-0.4, -0.2) is 0 Å². The van der Waals surface area contributed by atoms with Crippen molar-refractivity contribution in [2.45, 2.75) is 0 Å². The maximum absolute atomic E-state index is 9.55. The molecule has 6 N–H and O–H groups in total. The average molecular weight is 179 g/mol. The number of nitrogens with two attached hydrogens (primary N) is 3. The lowest BCUT2D eigenvalue weighted by Crippen LogP contribution is -2.12. The highest BCUT2D eigenvalue weighted by Crippen LogP contribution is 2.06. The molecular weight excluding hydrogens is 161 g/mol. The predicted octanol–water partition coefficient (Wildman–Crippen LogP) is 1.38. The zero-order valence-electron chi connectivity index (χ0n) is 6.83. The first-order valence-corrected chi connectivity index (χ1v) is 4.37. The van der Waals surface area contributed by atoms with Crippen molar-refractivity contribution in [1.82, 2.24) is 0 Å². The van der Waals surface area contributed by atoms with Gasteiger partial charge in [0.2, 0.25) is 0 Å². The lowest BCUT2D eigenvalue weighted by atomic mass is 11.3. The SMILES string of the molecule is C=C.C=C.C=C.NP(N)(N)=O. The summed E-state index contributed by atoms with van der Waals surface area (Å²) in [6, 6.07) is 0. The molecule has 0 radical (unpaired) electrons. The Morgan fingerprint density at radius 2 is 0.727 bits per heavy atom. The summed E-state index contributed by atoms with van der Waals surface area (Å²) in [5, 5.41) is 0. The fourth-order valence-electron chi connectivity index (χ4n) is 0. The van der Waals surface area contributed by atoms with E-state index in [4.69, 9.17) is 0 Å². The molecule has 4 nitrogen and oxygen atoms in total. The second-order valence-corrected chi connectivity index (χ2v) is 2.29. The van der Waals surface area contributed by atoms with E-state index >= 15 is 0 Å². The van der Waals surface area contributed by atoms with Crippen LogP contribution in [0.4, 0.5) is 0 Å². The minimum absolute atomic E-state index is 3.00. The Labute approximate surface area is 69.0 Å². The standard InChI is InChI=1S/3C2H4.H6N3OP/c3*1-2;1-5(2,3)4/h3*1-2H2;(H6,1,2,3,4). The Bertz CT molecular complexity index is 89.0. The maximum atomic E-state index is 9.55. The number of hydrogen-bond acceptors (Lipinski definition) is 1. The smallest absolute Gasteiger partial charge is 0.271 e. The van der Waals surface area contributed by atoms with Crippen molar-refractivity contribution in [3.05, 3.63) is 39.5 Å². The van der Waals surface area contributed by atoms with Gasteiger partial charge in [0.25, 0.3) is 7.59 Å². The highest BCUT2D eigenvalue weighted by molar-refractivity contribution is 7.56. The van der Waals surface area contributed by atoms with Crippen molar-refractivity contribution < 1.29 is 4.57 Å². The highest BCUT2D eigenvalue weighted by atomic mass is 31.2. The Kier molecular flexibility index (Phi) is 46.5. The van der Waals surface area contributed by atoms with Crippen molar-refractivity contribution >= 4 is 7.59 Å². The van der Waals surface area contributed by atoms with E-state index in [0.717, 1.165) is 0 Å². The van der Waals surface area contributed by atoms with E-state index in [0.29, 0.717) is 0 Å². The minimum Gasteiger partial charge on any atom is -0.272 e. The van der Waals surface area contributed by atoms with E-state index < -0.39 is 7.59 Å². The van der Waals surface area contributed by atoms with Crippen LogP contribution in [0.3, 0.4) is 0 Å². The third-order valence-electron chi connectivity index (χ3n) is 0. The van der Waals surface area contributed by atoms with Gasteiger partial charge in [-0.05, 0) is 0 Å². The molecule has 0 heterocycles. The third kappa shape index (κ3) is 1120. The lowest BCUT2D eigenvalue weighted by Gasteiger charge is -1.88. The molecule has 0 aromatic heterocycles. The minimum atomic E-state index is -3.14. The normalized spacial score (nSPS) is 6.45. The molecule has 0 aliphatic rings. The van der Waals surface area contributed by atoms with Crippen LogP contribution in [0, 0.1) is 0 Å². The molecule has 0 bridgehead atoms. The van der Waals surface area contributed by atoms with Crippen LogP contribution < -0.4 is 16.5 Å². The van der Waals surface area contributed by atoms with E-state index in [1.165, 1.54) is 0 Å². The topological polar surface area (TPSA) is 95.1 Å². The predicted molar refractivity (Wildman–Crippen MR) is 53.9 cm³/mol. The first kappa shape index (κ1) is 22.4. The summed E-state index contributed by atoms with van der Waals surface area (Å²) in [5.41, 5.74) is 13.4. The van der Waals surface area contributed by atoms with Crippen LogP contribution in [-0.2, 0) is 4.57 Å². The van der Waals surface area contributed by atoms with Gasteiger partial charge >= 0.3 is 0 Å². The average Bonchev–Trinajstić information content (AvgIpc) is 1.96. The van der Waals surface area contributed by atoms with E-state index in [1.807, 2.05) is 0 Å². The van der Waals surface area contributed by atoms with Crippen molar-refractivity contribution in [2.24, 2.45) is 16.5 Å². The van der Waals surface area contributed by atoms with E-state index in [9.17, 15) is 4.57 Å². The second kappa shape index (κ2) is 22.8. The second-order valence-electron chi connectivity index (χ2n) is 0.763. The first-order valence-electron chi connectivity index (χ1n) is 2.46. The van der Waals surface area contributed by atoms with Gasteiger partial charge in [0, 0.05) is 0 Å². The number of rotatable bonds is 0. The first-order chi connectivity index (χ1) is 5.00. The summed E-state index contributed by atoms with van der Waals surface area (Å²) in [6.07, 6.45) is 0. The van der Waals surface area contributed by atoms with Crippen molar-refractivity contribution in [3.8, 4) is 0 Å². The highest BCUT2D eigenvalue weighted by Gasteiger charge is 1.90. The Morgan fingerprint density at radius 1 is 0.727 bits per heavy atom. The van der Waals surface area contributed by atoms with E-state index in [1.54, 1.807) is 0 Å². The van der Waals surface area contributed by atoms with Crippen molar-refractivity contribution in [1.29, 1.82) is 0 Å². The van der Waals surface area contributed by atoms with Crippen LogP contribution in [0.2, 0.25) is 0 Å². The molecule has 5 heteroatoms. The largest absolute Gasteiger partial charge is 0.272 e. The molecule has 0 fully saturated rings. The Morgan fingerprint density at radius 3 is 0.727 bits per heavy atom. The summed E-state index contributed by atoms with van der Waals surface area (Å²) >= 11 is 0. The van der Waals surface area contributed by atoms with Crippen LogP contribution >= 0.6 is 7.59 Å². The van der Waals surface area contributed by atoms with Gasteiger partial charge in [-0.25, -0.2) is 0 Å². The van der Waals surface area contributed by atoms with Gasteiger partial charge < -0.3 is 0 Å². The molecule has 0 aromatic carbocycles. The van der Waals surface area contributed by atoms with Gasteiger partial charge in [-0.3, -0.25) is 21.1 Å². The fourth-order valence-corrected chi connectivity index (χ4v) is 0. The molecule has 0 amide bonds. The molecule has 0 rings (SSSR count). The molecule has 0 atom stereocenters. The maximum Gasteiger partial charge on any atom is 0.271 e. The van der Waals surface area contributed by atoms with Crippen molar-refractivity contribution in [2.75, 3.05) is 0 Å². The van der Waals surface area contributed by atoms with Crippen LogP contribution in [0.25, 0.3) is 0 Å². The number of hydrogen-bond donors (Lipinski definition) is 3. The Hall–Kier alpha value is -0.670. The summed E-state index contributed by atoms with van der Waals surface area (Å²) < 4.78 is 9.55. The van der Waals surface area contributed by atoms with Crippen LogP contribution in [0.5, 0.6) is 0 Å². The van der Waals surface area contributed by atoms with E-state index in [2.05, 4.69) is 56.0 Å². The molecular formula is C6H18N3OP.